The minimum absolute atomic E-state index is 0.238. The average molecular weight is 274 g/mol. The maximum Gasteiger partial charge on any atom is 0.0329 e. The van der Waals surface area contributed by atoms with E-state index in [4.69, 9.17) is 0 Å². The molecular formula is C19H15P. The van der Waals surface area contributed by atoms with Crippen LogP contribution in [0.1, 0.15) is 11.1 Å². The molecule has 20 heavy (non-hydrogen) atoms. The summed E-state index contributed by atoms with van der Waals surface area (Å²) in [4.78, 5) is 0. The first-order chi connectivity index (χ1) is 9.93. The summed E-state index contributed by atoms with van der Waals surface area (Å²) < 4.78 is 0. The molecule has 1 atom stereocenters. The second-order valence-corrected chi connectivity index (χ2v) is 6.64. The Hall–Kier alpha value is -2.09. The van der Waals surface area contributed by atoms with Crippen LogP contribution < -0.4 is 5.30 Å². The van der Waals surface area contributed by atoms with Crippen LogP contribution in [-0.2, 0) is 0 Å². The lowest BCUT2D eigenvalue weighted by Crippen LogP contribution is -2.06. The number of benzene rings is 2. The molecule has 2 aromatic carbocycles. The first-order valence-corrected chi connectivity index (χ1v) is 8.29. The highest BCUT2D eigenvalue weighted by Crippen LogP contribution is 2.38. The van der Waals surface area contributed by atoms with Gasteiger partial charge in [-0.05, 0) is 37.6 Å². The molecule has 0 saturated carbocycles. The van der Waals surface area contributed by atoms with Crippen LogP contribution in [-0.4, -0.2) is 6.16 Å². The molecule has 0 N–H and O–H groups in total. The van der Waals surface area contributed by atoms with E-state index in [0.29, 0.717) is 0 Å². The molecule has 96 valence electrons. The molecule has 0 radical (unpaired) electrons. The summed E-state index contributed by atoms with van der Waals surface area (Å²) >= 11 is 0. The predicted molar refractivity (Wildman–Crippen MR) is 88.6 cm³/mol. The lowest BCUT2D eigenvalue weighted by molar-refractivity contribution is 1.63. The van der Waals surface area contributed by atoms with Gasteiger partial charge in [0.1, 0.15) is 0 Å². The maximum atomic E-state index is 3.34. The van der Waals surface area contributed by atoms with Crippen LogP contribution in [0.25, 0.3) is 0 Å². The Bertz CT molecular complexity index is 699. The molecule has 0 aliphatic carbocycles. The van der Waals surface area contributed by atoms with Crippen molar-refractivity contribution >= 4 is 13.2 Å². The summed E-state index contributed by atoms with van der Waals surface area (Å²) in [6, 6.07) is 18.7. The lowest BCUT2D eigenvalue weighted by Gasteiger charge is -2.15. The van der Waals surface area contributed by atoms with Crippen LogP contribution >= 0.6 is 7.92 Å². The largest absolute Gasteiger partial charge is 0.0796 e. The van der Waals surface area contributed by atoms with E-state index in [1.807, 2.05) is 30.3 Å². The predicted octanol–water partition coefficient (Wildman–Crippen LogP) is 4.28. The zero-order chi connectivity index (χ0) is 13.6. The third-order valence-corrected chi connectivity index (χ3v) is 5.29. The molecule has 1 heteroatoms. The molecule has 0 amide bonds. The van der Waals surface area contributed by atoms with E-state index in [0.717, 1.165) is 17.3 Å². The Kier molecular flexibility index (Phi) is 4.12. The van der Waals surface area contributed by atoms with Gasteiger partial charge in [0, 0.05) is 11.1 Å². The third kappa shape index (κ3) is 3.08. The molecule has 0 aromatic heterocycles. The molecule has 1 aliphatic heterocycles. The van der Waals surface area contributed by atoms with Crippen LogP contribution in [0.3, 0.4) is 0 Å². The van der Waals surface area contributed by atoms with Crippen molar-refractivity contribution in [2.45, 2.75) is 0 Å². The summed E-state index contributed by atoms with van der Waals surface area (Å²) in [5.41, 5.74) is 2.22. The fourth-order valence-electron chi connectivity index (χ4n) is 2.14. The number of allylic oxidation sites excluding steroid dienone is 3. The van der Waals surface area contributed by atoms with Gasteiger partial charge in [0.15, 0.2) is 0 Å². The van der Waals surface area contributed by atoms with Gasteiger partial charge in [-0.1, -0.05) is 72.3 Å². The van der Waals surface area contributed by atoms with E-state index >= 15 is 0 Å². The first-order valence-electron chi connectivity index (χ1n) is 6.69. The second-order valence-electron chi connectivity index (χ2n) is 4.56. The Morgan fingerprint density at radius 3 is 2.40 bits per heavy atom. The van der Waals surface area contributed by atoms with Gasteiger partial charge in [-0.15, -0.1) is 0 Å². The summed E-state index contributed by atoms with van der Waals surface area (Å²) in [5.74, 6) is 8.91. The Morgan fingerprint density at radius 2 is 1.60 bits per heavy atom. The molecule has 0 spiro atoms. The summed E-state index contributed by atoms with van der Waals surface area (Å²) in [7, 11) is -0.238. The monoisotopic (exact) mass is 274 g/mol. The van der Waals surface area contributed by atoms with Crippen molar-refractivity contribution in [2.24, 2.45) is 0 Å². The van der Waals surface area contributed by atoms with Crippen molar-refractivity contribution in [1.29, 1.82) is 0 Å². The molecule has 3 rings (SSSR count). The molecule has 0 nitrogen and oxygen atoms in total. The molecule has 2 aromatic rings. The van der Waals surface area contributed by atoms with Gasteiger partial charge in [0.2, 0.25) is 0 Å². The SMILES string of the molecule is C(#Cc1ccccc1P1C=CC=CC1)c1ccccc1. The molecule has 0 saturated heterocycles. The van der Waals surface area contributed by atoms with Crippen molar-refractivity contribution in [3.05, 3.63) is 89.8 Å². The van der Waals surface area contributed by atoms with E-state index in [1.165, 1.54) is 5.30 Å². The van der Waals surface area contributed by atoms with Gasteiger partial charge in [0.05, 0.1) is 0 Å². The van der Waals surface area contributed by atoms with Crippen molar-refractivity contribution in [3.63, 3.8) is 0 Å². The number of hydrogen-bond donors (Lipinski definition) is 0. The fraction of sp³-hybridized carbons (Fsp3) is 0.0526. The first kappa shape index (κ1) is 12.9. The van der Waals surface area contributed by atoms with Gasteiger partial charge >= 0.3 is 0 Å². The fourth-order valence-corrected chi connectivity index (χ4v) is 3.99. The molecular weight excluding hydrogens is 259 g/mol. The quantitative estimate of drug-likeness (QED) is 0.538. The topological polar surface area (TPSA) is 0 Å². The highest BCUT2D eigenvalue weighted by molar-refractivity contribution is 7.69. The Morgan fingerprint density at radius 1 is 0.800 bits per heavy atom. The highest BCUT2D eigenvalue weighted by Gasteiger charge is 2.10. The Labute approximate surface area is 121 Å². The van der Waals surface area contributed by atoms with Gasteiger partial charge in [-0.2, -0.15) is 0 Å². The third-order valence-electron chi connectivity index (χ3n) is 3.14. The maximum absolute atomic E-state index is 3.34. The van der Waals surface area contributed by atoms with E-state index < -0.39 is 0 Å². The van der Waals surface area contributed by atoms with E-state index in [-0.39, 0.29) is 7.92 Å². The summed E-state index contributed by atoms with van der Waals surface area (Å²) in [6.07, 6.45) is 7.64. The van der Waals surface area contributed by atoms with Gasteiger partial charge in [-0.25, -0.2) is 0 Å². The van der Waals surface area contributed by atoms with E-state index in [9.17, 15) is 0 Å². The van der Waals surface area contributed by atoms with Crippen molar-refractivity contribution in [3.8, 4) is 11.8 Å². The second kappa shape index (κ2) is 6.38. The van der Waals surface area contributed by atoms with Crippen LogP contribution in [0.5, 0.6) is 0 Å². The van der Waals surface area contributed by atoms with Crippen LogP contribution in [0, 0.1) is 11.8 Å². The minimum atomic E-state index is -0.238. The number of rotatable bonds is 1. The van der Waals surface area contributed by atoms with E-state index in [1.54, 1.807) is 0 Å². The summed E-state index contributed by atoms with van der Waals surface area (Å²) in [5, 5.41) is 1.38. The smallest absolute Gasteiger partial charge is 0.0329 e. The molecule has 0 bridgehead atoms. The average Bonchev–Trinajstić information content (AvgIpc) is 2.55. The zero-order valence-corrected chi connectivity index (χ0v) is 12.1. The molecule has 0 fully saturated rings. The molecule has 1 heterocycles. The standard InChI is InChI=1S/C19H15P/c1-3-9-17(10-4-1)13-14-18-11-5-6-12-19(18)20-15-7-2-8-16-20/h1-12,15H,16H2. The van der Waals surface area contributed by atoms with Gasteiger partial charge < -0.3 is 0 Å². The van der Waals surface area contributed by atoms with Crippen LogP contribution in [0.15, 0.2) is 78.6 Å². The minimum Gasteiger partial charge on any atom is -0.0796 e. The molecule has 1 aliphatic rings. The Balaban J connectivity index is 1.93. The van der Waals surface area contributed by atoms with Gasteiger partial charge in [-0.3, -0.25) is 0 Å². The van der Waals surface area contributed by atoms with Crippen LogP contribution in [0.4, 0.5) is 0 Å². The highest BCUT2D eigenvalue weighted by atomic mass is 31.1. The van der Waals surface area contributed by atoms with Crippen molar-refractivity contribution < 1.29 is 0 Å². The van der Waals surface area contributed by atoms with Crippen molar-refractivity contribution in [2.75, 3.05) is 6.16 Å². The van der Waals surface area contributed by atoms with Crippen LogP contribution in [0.2, 0.25) is 0 Å². The summed E-state index contributed by atoms with van der Waals surface area (Å²) in [6.45, 7) is 0. The van der Waals surface area contributed by atoms with Gasteiger partial charge in [0.25, 0.3) is 0 Å². The normalized spacial score (nSPS) is 16.5. The van der Waals surface area contributed by atoms with Crippen molar-refractivity contribution in [1.82, 2.24) is 0 Å². The molecule has 1 unspecified atom stereocenters. The zero-order valence-electron chi connectivity index (χ0n) is 11.2. The number of hydrogen-bond acceptors (Lipinski definition) is 0. The van der Waals surface area contributed by atoms with E-state index in [2.05, 4.69) is 60.2 Å². The lowest BCUT2D eigenvalue weighted by atomic mass is 10.2.